The number of carbonyl (C=O) groups is 1. The van der Waals surface area contributed by atoms with E-state index in [9.17, 15) is 14.0 Å². The fraction of sp³-hybridized carbons (Fsp3) is 0.182. The lowest BCUT2D eigenvalue weighted by atomic mass is 10.1. The summed E-state index contributed by atoms with van der Waals surface area (Å²) < 4.78 is 13.3. The summed E-state index contributed by atoms with van der Waals surface area (Å²) in [4.78, 5) is 24.4. The molecule has 0 spiro atoms. The largest absolute Gasteiger partial charge is 0.349 e. The average Bonchev–Trinajstić information content (AvgIpc) is 2.78. The summed E-state index contributed by atoms with van der Waals surface area (Å²) in [6.07, 6.45) is 0.368. The summed E-state index contributed by atoms with van der Waals surface area (Å²) in [5.41, 5.74) is -0.0254. The van der Waals surface area contributed by atoms with Crippen LogP contribution in [0.2, 0.25) is 0 Å². The van der Waals surface area contributed by atoms with Crippen molar-refractivity contribution in [3.05, 3.63) is 52.0 Å². The Morgan fingerprint density at radius 1 is 1.39 bits per heavy atom. The number of nitrogens with one attached hydrogen (secondary N) is 3. The standard InChI is InChI=1S/C11H11FN4O2/c12-8-4-2-1-3-7(8)5-6-13-10(17)9-14-11(18)16-15-9/h1-4H,5-6H2,(H,13,17)(H2,14,15,16,18). The molecule has 1 heterocycles. The van der Waals surface area contributed by atoms with Crippen molar-refractivity contribution in [2.45, 2.75) is 6.42 Å². The Bertz CT molecular complexity index is 605. The second kappa shape index (κ2) is 5.26. The van der Waals surface area contributed by atoms with Crippen LogP contribution in [0, 0.1) is 5.82 Å². The van der Waals surface area contributed by atoms with Crippen LogP contribution in [0.15, 0.2) is 29.1 Å². The van der Waals surface area contributed by atoms with Crippen LogP contribution in [0.5, 0.6) is 0 Å². The second-order valence-electron chi connectivity index (χ2n) is 3.62. The molecule has 0 aliphatic carbocycles. The van der Waals surface area contributed by atoms with E-state index in [1.165, 1.54) is 6.07 Å². The molecule has 2 aromatic rings. The molecule has 2 rings (SSSR count). The normalized spacial score (nSPS) is 10.3. The Morgan fingerprint density at radius 2 is 2.17 bits per heavy atom. The van der Waals surface area contributed by atoms with Gasteiger partial charge in [0.05, 0.1) is 0 Å². The molecular weight excluding hydrogens is 239 g/mol. The fourth-order valence-electron chi connectivity index (χ4n) is 1.47. The summed E-state index contributed by atoms with van der Waals surface area (Å²) in [6, 6.07) is 6.34. The lowest BCUT2D eigenvalue weighted by Crippen LogP contribution is -2.27. The maximum absolute atomic E-state index is 13.3. The Morgan fingerprint density at radius 3 is 2.83 bits per heavy atom. The minimum Gasteiger partial charge on any atom is -0.349 e. The number of halogens is 1. The molecule has 94 valence electrons. The van der Waals surface area contributed by atoms with Gasteiger partial charge in [-0.3, -0.25) is 9.78 Å². The van der Waals surface area contributed by atoms with Crippen molar-refractivity contribution >= 4 is 5.91 Å². The van der Waals surface area contributed by atoms with E-state index in [2.05, 4.69) is 20.5 Å². The molecule has 0 bridgehead atoms. The Labute approximate surface area is 101 Å². The smallest absolute Gasteiger partial charge is 0.341 e. The molecule has 3 N–H and O–H groups in total. The van der Waals surface area contributed by atoms with Crippen molar-refractivity contribution in [2.75, 3.05) is 6.54 Å². The van der Waals surface area contributed by atoms with Crippen LogP contribution in [-0.4, -0.2) is 27.6 Å². The fourth-order valence-corrected chi connectivity index (χ4v) is 1.47. The molecule has 0 saturated carbocycles. The predicted molar refractivity (Wildman–Crippen MR) is 61.6 cm³/mol. The minimum absolute atomic E-state index is 0.0893. The number of aromatic amines is 2. The van der Waals surface area contributed by atoms with Crippen molar-refractivity contribution in [1.82, 2.24) is 20.5 Å². The lowest BCUT2D eigenvalue weighted by molar-refractivity contribution is 0.0944. The molecule has 0 fully saturated rings. The van der Waals surface area contributed by atoms with E-state index in [1.54, 1.807) is 18.2 Å². The van der Waals surface area contributed by atoms with Crippen molar-refractivity contribution in [3.8, 4) is 0 Å². The van der Waals surface area contributed by atoms with Crippen molar-refractivity contribution in [2.24, 2.45) is 0 Å². The highest BCUT2D eigenvalue weighted by atomic mass is 19.1. The van der Waals surface area contributed by atoms with Gasteiger partial charge in [0, 0.05) is 6.54 Å². The topological polar surface area (TPSA) is 90.6 Å². The highest BCUT2D eigenvalue weighted by molar-refractivity contribution is 5.90. The van der Waals surface area contributed by atoms with Crippen LogP contribution >= 0.6 is 0 Å². The summed E-state index contributed by atoms with van der Waals surface area (Å²) in [5, 5.41) is 8.09. The van der Waals surface area contributed by atoms with Crippen LogP contribution in [0.3, 0.4) is 0 Å². The molecule has 18 heavy (non-hydrogen) atoms. The molecule has 0 unspecified atom stereocenters. The van der Waals surface area contributed by atoms with E-state index in [-0.39, 0.29) is 18.2 Å². The Kier molecular flexibility index (Phi) is 3.52. The van der Waals surface area contributed by atoms with Crippen LogP contribution < -0.4 is 11.0 Å². The molecule has 0 atom stereocenters. The number of benzene rings is 1. The first-order chi connectivity index (χ1) is 8.66. The van der Waals surface area contributed by atoms with Gasteiger partial charge in [-0.2, -0.15) is 0 Å². The van der Waals surface area contributed by atoms with Crippen molar-refractivity contribution in [1.29, 1.82) is 0 Å². The van der Waals surface area contributed by atoms with E-state index in [0.717, 1.165) is 0 Å². The zero-order chi connectivity index (χ0) is 13.0. The molecule has 1 aromatic carbocycles. The quantitative estimate of drug-likeness (QED) is 0.724. The SMILES string of the molecule is O=C(NCCc1ccccc1F)c1n[nH]c(=O)[nH]1. The number of amides is 1. The van der Waals surface area contributed by atoms with Gasteiger partial charge in [0.25, 0.3) is 5.91 Å². The van der Waals surface area contributed by atoms with E-state index in [0.29, 0.717) is 12.0 Å². The molecule has 0 saturated heterocycles. The van der Waals surface area contributed by atoms with E-state index >= 15 is 0 Å². The third kappa shape index (κ3) is 2.82. The monoisotopic (exact) mass is 250 g/mol. The molecule has 6 nitrogen and oxygen atoms in total. The number of nitrogens with zero attached hydrogens (tertiary/aromatic N) is 1. The van der Waals surface area contributed by atoms with Gasteiger partial charge in [0.2, 0.25) is 5.82 Å². The zero-order valence-electron chi connectivity index (χ0n) is 9.37. The third-order valence-corrected chi connectivity index (χ3v) is 2.35. The zero-order valence-corrected chi connectivity index (χ0v) is 9.37. The number of aromatic nitrogens is 3. The van der Waals surface area contributed by atoms with E-state index in [1.807, 2.05) is 0 Å². The van der Waals surface area contributed by atoms with Gasteiger partial charge >= 0.3 is 5.69 Å². The minimum atomic E-state index is -0.547. The Balaban J connectivity index is 1.88. The van der Waals surface area contributed by atoms with Crippen molar-refractivity contribution < 1.29 is 9.18 Å². The Hall–Kier alpha value is -2.44. The summed E-state index contributed by atoms with van der Waals surface area (Å²) >= 11 is 0. The first-order valence-corrected chi connectivity index (χ1v) is 5.33. The highest BCUT2D eigenvalue weighted by Gasteiger charge is 2.09. The number of hydrogen-bond donors (Lipinski definition) is 3. The first-order valence-electron chi connectivity index (χ1n) is 5.33. The van der Waals surface area contributed by atoms with Gasteiger partial charge in [-0.1, -0.05) is 18.2 Å². The molecule has 0 aliphatic rings. The van der Waals surface area contributed by atoms with E-state index in [4.69, 9.17) is 0 Å². The van der Waals surface area contributed by atoms with Crippen LogP contribution in [0.1, 0.15) is 16.2 Å². The molecular formula is C11H11FN4O2. The maximum atomic E-state index is 13.3. The van der Waals surface area contributed by atoms with Gasteiger partial charge in [0.1, 0.15) is 5.82 Å². The molecule has 1 aromatic heterocycles. The summed E-state index contributed by atoms with van der Waals surface area (Å²) in [5.74, 6) is -0.904. The predicted octanol–water partition coefficient (Wildman–Crippen LogP) is 0.210. The summed E-state index contributed by atoms with van der Waals surface area (Å²) in [7, 11) is 0. The van der Waals surface area contributed by atoms with Crippen LogP contribution in [0.4, 0.5) is 4.39 Å². The van der Waals surface area contributed by atoms with Gasteiger partial charge < -0.3 is 5.32 Å². The van der Waals surface area contributed by atoms with E-state index < -0.39 is 11.6 Å². The summed E-state index contributed by atoms with van der Waals surface area (Å²) in [6.45, 7) is 0.259. The molecule has 0 radical (unpaired) electrons. The van der Waals surface area contributed by atoms with Gasteiger partial charge in [-0.05, 0) is 18.1 Å². The number of rotatable bonds is 4. The number of hydrogen-bond acceptors (Lipinski definition) is 3. The molecule has 1 amide bonds. The third-order valence-electron chi connectivity index (χ3n) is 2.35. The maximum Gasteiger partial charge on any atom is 0.341 e. The van der Waals surface area contributed by atoms with Crippen LogP contribution in [0.25, 0.3) is 0 Å². The first kappa shape index (κ1) is 12.0. The average molecular weight is 250 g/mol. The van der Waals surface area contributed by atoms with Crippen molar-refractivity contribution in [3.63, 3.8) is 0 Å². The molecule has 0 aliphatic heterocycles. The lowest BCUT2D eigenvalue weighted by Gasteiger charge is -2.04. The number of H-pyrrole nitrogens is 2. The van der Waals surface area contributed by atoms with Gasteiger partial charge in [-0.25, -0.2) is 14.3 Å². The van der Waals surface area contributed by atoms with Crippen LogP contribution in [-0.2, 0) is 6.42 Å². The van der Waals surface area contributed by atoms with Gasteiger partial charge in [-0.15, -0.1) is 5.10 Å². The highest BCUT2D eigenvalue weighted by Crippen LogP contribution is 2.06. The van der Waals surface area contributed by atoms with Gasteiger partial charge in [0.15, 0.2) is 0 Å². The molecule has 7 heteroatoms. The number of carbonyl (C=O) groups excluding carboxylic acids is 1. The second-order valence-corrected chi connectivity index (χ2v) is 3.62.